The summed E-state index contributed by atoms with van der Waals surface area (Å²) in [7, 11) is 0. The maximum absolute atomic E-state index is 13.4. The second kappa shape index (κ2) is 11.2. The van der Waals surface area contributed by atoms with E-state index in [4.69, 9.17) is 4.74 Å². The molecule has 0 unspecified atom stereocenters. The van der Waals surface area contributed by atoms with Gasteiger partial charge >= 0.3 is 5.97 Å². The van der Waals surface area contributed by atoms with Gasteiger partial charge in [-0.1, -0.05) is 60.3 Å². The van der Waals surface area contributed by atoms with Crippen molar-refractivity contribution in [3.05, 3.63) is 77.5 Å². The Labute approximate surface area is 234 Å². The number of carbonyl (C=O) groups is 3. The minimum atomic E-state index is -0.739. The second-order valence-corrected chi connectivity index (χ2v) is 12.1. The third-order valence-corrected chi connectivity index (χ3v) is 8.33. The van der Waals surface area contributed by atoms with Crippen LogP contribution in [0.2, 0.25) is 0 Å². The molecule has 2 aliphatic heterocycles. The summed E-state index contributed by atoms with van der Waals surface area (Å²) in [5, 5.41) is 15.1. The van der Waals surface area contributed by atoms with E-state index in [9.17, 15) is 14.4 Å². The van der Waals surface area contributed by atoms with Gasteiger partial charge in [-0.15, -0.1) is 16.9 Å². The average molecular weight is 565 g/mol. The van der Waals surface area contributed by atoms with E-state index in [0.717, 1.165) is 16.8 Å². The predicted octanol–water partition coefficient (Wildman–Crippen LogP) is 2.99. The number of nitrogens with one attached hydrogen (secondary N) is 1. The number of benzene rings is 2. The molecule has 1 fully saturated rings. The van der Waals surface area contributed by atoms with Crippen LogP contribution in [-0.2, 0) is 25.5 Å². The Kier molecular flexibility index (Phi) is 7.76. The number of amides is 2. The van der Waals surface area contributed by atoms with Crippen molar-refractivity contribution in [2.75, 3.05) is 11.5 Å². The molecule has 0 saturated carbocycles. The van der Waals surface area contributed by atoms with E-state index in [1.807, 2.05) is 60.7 Å². The lowest BCUT2D eigenvalue weighted by atomic mass is 10.0. The number of fused-ring (bicyclic) bond motifs is 1. The maximum atomic E-state index is 13.4. The molecule has 3 aromatic rings. The lowest BCUT2D eigenvalue weighted by Gasteiger charge is -2.50. The molecule has 2 atom stereocenters. The van der Waals surface area contributed by atoms with Crippen LogP contribution < -0.4 is 5.32 Å². The molecule has 10 nitrogen and oxygen atoms in total. The van der Waals surface area contributed by atoms with Crippen molar-refractivity contribution in [3.8, 4) is 5.69 Å². The third kappa shape index (κ3) is 6.01. The molecule has 0 aliphatic carbocycles. The first-order valence-electron chi connectivity index (χ1n) is 12.4. The van der Waals surface area contributed by atoms with E-state index in [1.54, 1.807) is 25.5 Å². The van der Waals surface area contributed by atoms with Gasteiger partial charge in [0, 0.05) is 11.5 Å². The fourth-order valence-electron chi connectivity index (χ4n) is 4.27. The number of β-lactam (4-membered cyclic amide) rings is 1. The van der Waals surface area contributed by atoms with Crippen LogP contribution in [0.1, 0.15) is 26.3 Å². The molecule has 0 bridgehead atoms. The number of rotatable bonds is 8. The Morgan fingerprint density at radius 2 is 1.79 bits per heavy atom. The minimum Gasteiger partial charge on any atom is -0.455 e. The zero-order chi connectivity index (χ0) is 27.6. The van der Waals surface area contributed by atoms with Crippen molar-refractivity contribution < 1.29 is 19.1 Å². The van der Waals surface area contributed by atoms with Crippen LogP contribution in [0.4, 0.5) is 0 Å². The van der Waals surface area contributed by atoms with Crippen molar-refractivity contribution in [1.82, 2.24) is 30.4 Å². The SMILES string of the molecule is CC(C)(C)OC(=O)C1=C(CSc2nnnn2-c2ccccc2)CS[C@@H]2[C@H](NC(=O)Cc3ccccc3)C(=O)N12. The van der Waals surface area contributed by atoms with Gasteiger partial charge in [-0.3, -0.25) is 14.5 Å². The highest BCUT2D eigenvalue weighted by Crippen LogP contribution is 2.42. The van der Waals surface area contributed by atoms with Gasteiger partial charge in [0.25, 0.3) is 5.91 Å². The van der Waals surface area contributed by atoms with Crippen LogP contribution in [0.25, 0.3) is 5.69 Å². The summed E-state index contributed by atoms with van der Waals surface area (Å²) in [4.78, 5) is 40.8. The smallest absolute Gasteiger partial charge is 0.355 e. The zero-order valence-electron chi connectivity index (χ0n) is 21.7. The molecule has 0 radical (unpaired) electrons. The van der Waals surface area contributed by atoms with E-state index in [0.29, 0.717) is 16.7 Å². The minimum absolute atomic E-state index is 0.175. The summed E-state index contributed by atoms with van der Waals surface area (Å²) >= 11 is 2.89. The van der Waals surface area contributed by atoms with E-state index >= 15 is 0 Å². The summed E-state index contributed by atoms with van der Waals surface area (Å²) in [5.74, 6) is -0.249. The third-order valence-electron chi connectivity index (χ3n) is 5.98. The molecular weight excluding hydrogens is 536 g/mol. The molecule has 2 aromatic carbocycles. The highest BCUT2D eigenvalue weighted by atomic mass is 32.2. The first-order chi connectivity index (χ1) is 18.7. The first-order valence-corrected chi connectivity index (χ1v) is 14.4. The van der Waals surface area contributed by atoms with Crippen molar-refractivity contribution >= 4 is 41.3 Å². The highest BCUT2D eigenvalue weighted by Gasteiger charge is 2.54. The fourth-order valence-corrected chi connectivity index (χ4v) is 6.64. The van der Waals surface area contributed by atoms with Crippen molar-refractivity contribution in [2.45, 2.75) is 49.4 Å². The van der Waals surface area contributed by atoms with E-state index in [1.165, 1.54) is 28.4 Å². The standard InChI is InChI=1S/C27H28N6O4S2/c1-27(2,3)37-25(36)22-18(16-39-26-29-30-31-33(26)19-12-8-5-9-13-19)15-38-24-21(23(35)32(22)24)28-20(34)14-17-10-6-4-7-11-17/h4-13,21,24H,14-16H2,1-3H3,(H,28,34)/t21-,24-/m1/s1. The summed E-state index contributed by atoms with van der Waals surface area (Å²) in [6.45, 7) is 5.36. The molecule has 1 saturated heterocycles. The van der Waals surface area contributed by atoms with Crippen LogP contribution in [-0.4, -0.2) is 71.4 Å². The number of hydrogen-bond donors (Lipinski definition) is 1. The van der Waals surface area contributed by atoms with Gasteiger partial charge in [0.1, 0.15) is 22.7 Å². The number of tetrazole rings is 1. The van der Waals surface area contributed by atoms with E-state index in [-0.39, 0.29) is 29.3 Å². The van der Waals surface area contributed by atoms with Crippen molar-refractivity contribution in [2.24, 2.45) is 0 Å². The van der Waals surface area contributed by atoms with Crippen LogP contribution in [0.3, 0.4) is 0 Å². The number of carbonyl (C=O) groups excluding carboxylic acids is 3. The number of thioether (sulfide) groups is 2. The maximum Gasteiger partial charge on any atom is 0.355 e. The zero-order valence-corrected chi connectivity index (χ0v) is 23.4. The molecule has 1 aromatic heterocycles. The fraction of sp³-hybridized carbons (Fsp3) is 0.333. The molecule has 12 heteroatoms. The summed E-state index contributed by atoms with van der Waals surface area (Å²) in [5.41, 5.74) is 1.92. The molecule has 5 rings (SSSR count). The molecule has 39 heavy (non-hydrogen) atoms. The summed E-state index contributed by atoms with van der Waals surface area (Å²) < 4.78 is 7.32. The largest absolute Gasteiger partial charge is 0.455 e. The van der Waals surface area contributed by atoms with Crippen molar-refractivity contribution in [3.63, 3.8) is 0 Å². The Morgan fingerprint density at radius 3 is 2.49 bits per heavy atom. The van der Waals surface area contributed by atoms with Gasteiger partial charge in [-0.05, 0) is 54.5 Å². The van der Waals surface area contributed by atoms with Gasteiger partial charge in [0.2, 0.25) is 11.1 Å². The number of ether oxygens (including phenoxy) is 1. The topological polar surface area (TPSA) is 119 Å². The molecular formula is C27H28N6O4S2. The molecule has 202 valence electrons. The van der Waals surface area contributed by atoms with Crippen LogP contribution >= 0.6 is 23.5 Å². The van der Waals surface area contributed by atoms with Gasteiger partial charge < -0.3 is 10.1 Å². The summed E-state index contributed by atoms with van der Waals surface area (Å²) in [6.07, 6.45) is 0.175. The van der Waals surface area contributed by atoms with E-state index in [2.05, 4.69) is 20.8 Å². The average Bonchev–Trinajstić information content (AvgIpc) is 3.39. The number of para-hydroxylation sites is 1. The lowest BCUT2D eigenvalue weighted by molar-refractivity contribution is -0.159. The highest BCUT2D eigenvalue weighted by molar-refractivity contribution is 8.01. The van der Waals surface area contributed by atoms with Gasteiger partial charge in [-0.25, -0.2) is 4.79 Å². The Hall–Kier alpha value is -3.64. The monoisotopic (exact) mass is 564 g/mol. The first kappa shape index (κ1) is 26.9. The molecule has 1 N–H and O–H groups in total. The van der Waals surface area contributed by atoms with Gasteiger partial charge in [0.15, 0.2) is 0 Å². The second-order valence-electron chi connectivity index (χ2n) is 10.1. The molecule has 2 amide bonds. The number of hydrogen-bond acceptors (Lipinski definition) is 9. The Morgan fingerprint density at radius 1 is 1.10 bits per heavy atom. The van der Waals surface area contributed by atoms with Crippen LogP contribution in [0.15, 0.2) is 77.1 Å². The van der Waals surface area contributed by atoms with E-state index < -0.39 is 17.6 Å². The quantitative estimate of drug-likeness (QED) is 0.250. The van der Waals surface area contributed by atoms with Crippen LogP contribution in [0.5, 0.6) is 0 Å². The Bertz CT molecular complexity index is 1400. The predicted molar refractivity (Wildman–Crippen MR) is 148 cm³/mol. The normalized spacial score (nSPS) is 18.8. The molecule has 0 spiro atoms. The van der Waals surface area contributed by atoms with Gasteiger partial charge in [0.05, 0.1) is 12.1 Å². The number of esters is 1. The number of aromatic nitrogens is 4. The summed E-state index contributed by atoms with van der Waals surface area (Å²) in [6, 6.07) is 18.2. The van der Waals surface area contributed by atoms with Crippen molar-refractivity contribution in [1.29, 1.82) is 0 Å². The number of nitrogens with zero attached hydrogens (tertiary/aromatic N) is 5. The van der Waals surface area contributed by atoms with Crippen LogP contribution in [0, 0.1) is 0 Å². The Balaban J connectivity index is 1.34. The molecule has 3 heterocycles. The lowest BCUT2D eigenvalue weighted by Crippen LogP contribution is -2.70. The van der Waals surface area contributed by atoms with Gasteiger partial charge in [-0.2, -0.15) is 4.68 Å². The molecule has 2 aliphatic rings.